The molecule has 0 amide bonds. The smallest absolute Gasteiger partial charge is 0.282 e. The van der Waals surface area contributed by atoms with Gasteiger partial charge in [0, 0.05) is 46.1 Å². The second-order valence-corrected chi connectivity index (χ2v) is 8.27. The summed E-state index contributed by atoms with van der Waals surface area (Å²) < 4.78 is 39.9. The van der Waals surface area contributed by atoms with E-state index in [-0.39, 0.29) is 6.10 Å². The fraction of sp³-hybridized carbons (Fsp3) is 0.733. The molecule has 2 fully saturated rings. The van der Waals surface area contributed by atoms with Gasteiger partial charge >= 0.3 is 0 Å². The van der Waals surface area contributed by atoms with E-state index in [0.29, 0.717) is 51.1 Å². The van der Waals surface area contributed by atoms with Crippen LogP contribution >= 0.6 is 0 Å². The highest BCUT2D eigenvalue weighted by molar-refractivity contribution is 7.86. The summed E-state index contributed by atoms with van der Waals surface area (Å²) in [6.45, 7) is 2.53. The van der Waals surface area contributed by atoms with Crippen LogP contribution in [-0.4, -0.2) is 86.6 Å². The Labute approximate surface area is 148 Å². The third-order valence-corrected chi connectivity index (χ3v) is 6.31. The van der Waals surface area contributed by atoms with E-state index in [1.807, 2.05) is 19.0 Å². The molecular formula is C15H25N5O4S. The Morgan fingerprint density at radius 2 is 1.88 bits per heavy atom. The third kappa shape index (κ3) is 4.20. The second-order valence-electron chi connectivity index (χ2n) is 6.34. The quantitative estimate of drug-likeness (QED) is 0.718. The number of morpholine rings is 1. The minimum absolute atomic E-state index is 0.236. The largest absolute Gasteiger partial charge is 0.470 e. The zero-order chi connectivity index (χ0) is 17.9. The summed E-state index contributed by atoms with van der Waals surface area (Å²) in [6, 6.07) is 0. The van der Waals surface area contributed by atoms with E-state index in [0.717, 1.165) is 12.8 Å². The van der Waals surface area contributed by atoms with E-state index in [4.69, 9.17) is 9.47 Å². The molecule has 1 aromatic heterocycles. The molecule has 0 aliphatic carbocycles. The molecule has 2 aliphatic rings. The van der Waals surface area contributed by atoms with Crippen molar-refractivity contribution in [1.29, 1.82) is 0 Å². The fourth-order valence-electron chi connectivity index (χ4n) is 3.02. The van der Waals surface area contributed by atoms with Gasteiger partial charge in [-0.15, -0.1) is 0 Å². The number of ether oxygens (including phenoxy) is 2. The van der Waals surface area contributed by atoms with Crippen LogP contribution in [0.15, 0.2) is 12.4 Å². The molecule has 0 radical (unpaired) electrons. The van der Waals surface area contributed by atoms with Crippen LogP contribution in [-0.2, 0) is 14.9 Å². The van der Waals surface area contributed by atoms with Gasteiger partial charge in [-0.3, -0.25) is 0 Å². The van der Waals surface area contributed by atoms with E-state index in [1.165, 1.54) is 8.61 Å². The van der Waals surface area contributed by atoms with Gasteiger partial charge in [0.2, 0.25) is 0 Å². The standard InChI is InChI=1S/C15H25N5O4S/c1-18(2)14-15(17-6-5-16-14)24-13-4-3-7-20(12-13)25(21,22)19-8-10-23-11-9-19/h5-6,13H,3-4,7-12H2,1-2H3. The maximum atomic E-state index is 12.8. The minimum Gasteiger partial charge on any atom is -0.470 e. The van der Waals surface area contributed by atoms with Gasteiger partial charge in [-0.25, -0.2) is 9.97 Å². The van der Waals surface area contributed by atoms with Crippen LogP contribution in [0.4, 0.5) is 5.82 Å². The van der Waals surface area contributed by atoms with E-state index >= 15 is 0 Å². The van der Waals surface area contributed by atoms with Crippen LogP contribution in [0.25, 0.3) is 0 Å². The maximum absolute atomic E-state index is 12.8. The maximum Gasteiger partial charge on any atom is 0.282 e. The first-order valence-corrected chi connectivity index (χ1v) is 9.86. The van der Waals surface area contributed by atoms with Gasteiger partial charge in [-0.2, -0.15) is 17.0 Å². The second kappa shape index (κ2) is 7.81. The van der Waals surface area contributed by atoms with Gasteiger partial charge in [0.15, 0.2) is 5.82 Å². The fourth-order valence-corrected chi connectivity index (χ4v) is 4.67. The van der Waals surface area contributed by atoms with Crippen molar-refractivity contribution in [3.8, 4) is 5.88 Å². The summed E-state index contributed by atoms with van der Waals surface area (Å²) in [7, 11) is 0.259. The van der Waals surface area contributed by atoms with Crippen molar-refractivity contribution in [3.63, 3.8) is 0 Å². The average molecular weight is 371 g/mol. The van der Waals surface area contributed by atoms with Crippen LogP contribution < -0.4 is 9.64 Å². The molecule has 2 saturated heterocycles. The zero-order valence-electron chi connectivity index (χ0n) is 14.7. The topological polar surface area (TPSA) is 88.1 Å². The molecule has 2 aliphatic heterocycles. The Kier molecular flexibility index (Phi) is 5.72. The first-order valence-electron chi connectivity index (χ1n) is 8.46. The van der Waals surface area contributed by atoms with Crippen molar-refractivity contribution in [2.24, 2.45) is 0 Å². The Balaban J connectivity index is 1.69. The van der Waals surface area contributed by atoms with E-state index < -0.39 is 10.2 Å². The Bertz CT molecular complexity index is 678. The van der Waals surface area contributed by atoms with Gasteiger partial charge in [0.25, 0.3) is 16.1 Å². The van der Waals surface area contributed by atoms with Gasteiger partial charge in [-0.1, -0.05) is 0 Å². The van der Waals surface area contributed by atoms with E-state index in [2.05, 4.69) is 9.97 Å². The highest BCUT2D eigenvalue weighted by Crippen LogP contribution is 2.25. The molecule has 9 nitrogen and oxygen atoms in total. The van der Waals surface area contributed by atoms with Gasteiger partial charge in [-0.05, 0) is 12.8 Å². The summed E-state index contributed by atoms with van der Waals surface area (Å²) >= 11 is 0. The third-order valence-electron chi connectivity index (χ3n) is 4.31. The molecule has 0 spiro atoms. The van der Waals surface area contributed by atoms with Crippen molar-refractivity contribution in [3.05, 3.63) is 12.4 Å². The van der Waals surface area contributed by atoms with Crippen molar-refractivity contribution in [2.45, 2.75) is 18.9 Å². The highest BCUT2D eigenvalue weighted by Gasteiger charge is 2.35. The Morgan fingerprint density at radius 1 is 1.16 bits per heavy atom. The van der Waals surface area contributed by atoms with Gasteiger partial charge < -0.3 is 14.4 Å². The van der Waals surface area contributed by atoms with Crippen LogP contribution in [0.2, 0.25) is 0 Å². The summed E-state index contributed by atoms with van der Waals surface area (Å²) in [5, 5.41) is 0. The van der Waals surface area contributed by atoms with Crippen LogP contribution in [0, 0.1) is 0 Å². The summed E-state index contributed by atoms with van der Waals surface area (Å²) in [5.74, 6) is 1.07. The number of rotatable bonds is 5. The number of hydrogen-bond acceptors (Lipinski definition) is 7. The summed E-state index contributed by atoms with van der Waals surface area (Å²) in [5.41, 5.74) is 0. The van der Waals surface area contributed by atoms with Crippen molar-refractivity contribution >= 4 is 16.0 Å². The lowest BCUT2D eigenvalue weighted by Crippen LogP contribution is -2.53. The van der Waals surface area contributed by atoms with Crippen LogP contribution in [0.1, 0.15) is 12.8 Å². The molecule has 1 unspecified atom stereocenters. The van der Waals surface area contributed by atoms with Crippen LogP contribution in [0.5, 0.6) is 5.88 Å². The molecular weight excluding hydrogens is 346 g/mol. The predicted molar refractivity (Wildman–Crippen MR) is 92.9 cm³/mol. The lowest BCUT2D eigenvalue weighted by atomic mass is 10.1. The lowest BCUT2D eigenvalue weighted by molar-refractivity contribution is 0.0664. The molecule has 3 heterocycles. The van der Waals surface area contributed by atoms with Crippen LogP contribution in [0.3, 0.4) is 0 Å². The minimum atomic E-state index is -3.48. The molecule has 0 saturated carbocycles. The number of hydrogen-bond donors (Lipinski definition) is 0. The summed E-state index contributed by atoms with van der Waals surface area (Å²) in [6.07, 6.45) is 4.50. The number of piperidine rings is 1. The molecule has 140 valence electrons. The summed E-state index contributed by atoms with van der Waals surface area (Å²) in [4.78, 5) is 10.3. The lowest BCUT2D eigenvalue weighted by Gasteiger charge is -2.36. The number of anilines is 1. The monoisotopic (exact) mass is 371 g/mol. The van der Waals surface area contributed by atoms with Crippen molar-refractivity contribution in [1.82, 2.24) is 18.6 Å². The molecule has 1 atom stereocenters. The van der Waals surface area contributed by atoms with Gasteiger partial charge in [0.05, 0.1) is 19.8 Å². The molecule has 1 aromatic rings. The zero-order valence-corrected chi connectivity index (χ0v) is 15.5. The first-order chi connectivity index (χ1) is 12.0. The average Bonchev–Trinajstić information content (AvgIpc) is 2.63. The molecule has 3 rings (SSSR count). The first kappa shape index (κ1) is 18.3. The molecule has 25 heavy (non-hydrogen) atoms. The van der Waals surface area contributed by atoms with Gasteiger partial charge in [0.1, 0.15) is 6.10 Å². The predicted octanol–water partition coefficient (Wildman–Crippen LogP) is -0.0372. The SMILES string of the molecule is CN(C)c1nccnc1OC1CCCN(S(=O)(=O)N2CCOCC2)C1. The van der Waals surface area contributed by atoms with Crippen molar-refractivity contribution in [2.75, 3.05) is 58.4 Å². The molecule has 10 heteroatoms. The van der Waals surface area contributed by atoms with E-state index in [9.17, 15) is 8.42 Å². The number of nitrogens with zero attached hydrogens (tertiary/aromatic N) is 5. The normalized spacial score (nSPS) is 23.4. The number of aromatic nitrogens is 2. The Hall–Kier alpha value is -1.49. The van der Waals surface area contributed by atoms with E-state index in [1.54, 1.807) is 12.4 Å². The molecule has 0 bridgehead atoms. The Morgan fingerprint density at radius 3 is 2.60 bits per heavy atom. The highest BCUT2D eigenvalue weighted by atomic mass is 32.2. The molecule has 0 aromatic carbocycles. The van der Waals surface area contributed by atoms with Crippen molar-refractivity contribution < 1.29 is 17.9 Å². The molecule has 0 N–H and O–H groups in total.